The van der Waals surface area contributed by atoms with Gasteiger partial charge in [-0.15, -0.1) is 0 Å². The number of nitrogens with one attached hydrogen (secondary N) is 1. The largest absolute Gasteiger partial charge is 0.394 e. The van der Waals surface area contributed by atoms with E-state index in [1.54, 1.807) is 6.08 Å². The lowest BCUT2D eigenvalue weighted by atomic mass is 10.1. The van der Waals surface area contributed by atoms with E-state index in [4.69, 9.17) is 0 Å². The van der Waals surface area contributed by atoms with Crippen LogP contribution in [0, 0.1) is 0 Å². The summed E-state index contributed by atoms with van der Waals surface area (Å²) in [6, 6.07) is -0.646. The van der Waals surface area contributed by atoms with Gasteiger partial charge in [-0.05, 0) is 109 Å². The molecule has 0 heterocycles. The third-order valence-electron chi connectivity index (χ3n) is 10.8. The summed E-state index contributed by atoms with van der Waals surface area (Å²) in [6.07, 6.45) is 88.0. The first-order valence-corrected chi connectivity index (χ1v) is 26.2. The van der Waals surface area contributed by atoms with Crippen molar-refractivity contribution in [3.05, 3.63) is 158 Å². The van der Waals surface area contributed by atoms with Gasteiger partial charge in [0.2, 0.25) is 5.91 Å². The van der Waals surface area contributed by atoms with E-state index in [1.165, 1.54) is 57.8 Å². The monoisotopic (exact) mass is 892 g/mol. The highest BCUT2D eigenvalue weighted by atomic mass is 16.3. The number of hydrogen-bond donors (Lipinski definition) is 3. The Labute approximate surface area is 401 Å². The van der Waals surface area contributed by atoms with Gasteiger partial charge in [0.1, 0.15) is 0 Å². The van der Waals surface area contributed by atoms with E-state index in [1.807, 2.05) is 6.08 Å². The molecule has 0 rings (SSSR count). The minimum Gasteiger partial charge on any atom is -0.394 e. The normalized spacial score (nSPS) is 14.2. The molecule has 65 heavy (non-hydrogen) atoms. The fraction of sp³-hybridized carbons (Fsp3) is 0.557. The number of aliphatic hydroxyl groups excluding tert-OH is 2. The number of carbonyl (C=O) groups is 1. The average molecular weight is 892 g/mol. The van der Waals surface area contributed by atoms with Crippen molar-refractivity contribution in [2.45, 2.75) is 212 Å². The molecule has 0 saturated heterocycles. The predicted molar refractivity (Wildman–Crippen MR) is 289 cm³/mol. The Morgan fingerprint density at radius 1 is 0.385 bits per heavy atom. The van der Waals surface area contributed by atoms with Crippen molar-refractivity contribution in [3.8, 4) is 0 Å². The molecule has 4 heteroatoms. The Hall–Kier alpha value is -3.99. The summed E-state index contributed by atoms with van der Waals surface area (Å²) in [6.45, 7) is 4.16. The molecular weight excluding hydrogens is 795 g/mol. The van der Waals surface area contributed by atoms with Crippen molar-refractivity contribution in [2.24, 2.45) is 0 Å². The number of unbranched alkanes of at least 4 members (excludes halogenated alkanes) is 14. The summed E-state index contributed by atoms with van der Waals surface area (Å²) in [5.74, 6) is -0.0969. The van der Waals surface area contributed by atoms with E-state index in [2.05, 4.69) is 165 Å². The number of allylic oxidation sites excluding steroid dienone is 25. The Bertz CT molecular complexity index is 1430. The van der Waals surface area contributed by atoms with Gasteiger partial charge in [-0.1, -0.05) is 242 Å². The highest BCUT2D eigenvalue weighted by molar-refractivity contribution is 5.76. The molecule has 0 fully saturated rings. The quantitative estimate of drug-likeness (QED) is 0.0421. The van der Waals surface area contributed by atoms with Crippen molar-refractivity contribution in [1.29, 1.82) is 0 Å². The van der Waals surface area contributed by atoms with E-state index in [0.29, 0.717) is 6.42 Å². The SMILES string of the molecule is CC/C=C\C/C=C\C/C=C\C/C=C\C/C=C\C/C=C\C/C=C\C/C=C\C/C=C\C/C=C\C/C=C\C/C=C\CCCCCCC(=O)NC(CO)C(O)/C=C/CCCCCCCCCCCC. The number of hydrogen-bond acceptors (Lipinski definition) is 3. The fourth-order valence-corrected chi connectivity index (χ4v) is 6.80. The number of rotatable bonds is 45. The maximum atomic E-state index is 12.4. The second-order valence-electron chi connectivity index (χ2n) is 16.9. The molecule has 1 amide bonds. The molecule has 0 aliphatic rings. The highest BCUT2D eigenvalue weighted by Crippen LogP contribution is 2.12. The highest BCUT2D eigenvalue weighted by Gasteiger charge is 2.17. The smallest absolute Gasteiger partial charge is 0.220 e. The molecule has 2 unspecified atom stereocenters. The molecule has 2 atom stereocenters. The summed E-state index contributed by atoms with van der Waals surface area (Å²) >= 11 is 0. The van der Waals surface area contributed by atoms with Crippen LogP contribution in [0.25, 0.3) is 0 Å². The van der Waals surface area contributed by atoms with Crippen LogP contribution in [0.5, 0.6) is 0 Å². The van der Waals surface area contributed by atoms with E-state index in [9.17, 15) is 15.0 Å². The Morgan fingerprint density at radius 3 is 1.02 bits per heavy atom. The van der Waals surface area contributed by atoms with Crippen LogP contribution in [-0.2, 0) is 4.79 Å². The van der Waals surface area contributed by atoms with Gasteiger partial charge in [0, 0.05) is 6.42 Å². The van der Waals surface area contributed by atoms with Crippen LogP contribution in [0.3, 0.4) is 0 Å². The first kappa shape index (κ1) is 61.0. The summed E-state index contributed by atoms with van der Waals surface area (Å²) < 4.78 is 0. The molecule has 0 aromatic rings. The molecule has 0 radical (unpaired) electrons. The molecule has 4 nitrogen and oxygen atoms in total. The lowest BCUT2D eigenvalue weighted by Gasteiger charge is -2.20. The molecule has 364 valence electrons. The Morgan fingerprint density at radius 2 is 0.677 bits per heavy atom. The van der Waals surface area contributed by atoms with Crippen molar-refractivity contribution in [3.63, 3.8) is 0 Å². The van der Waals surface area contributed by atoms with Crippen molar-refractivity contribution in [1.82, 2.24) is 5.32 Å². The van der Waals surface area contributed by atoms with Crippen LogP contribution in [0.1, 0.15) is 200 Å². The topological polar surface area (TPSA) is 69.6 Å². The van der Waals surface area contributed by atoms with Crippen LogP contribution in [0.2, 0.25) is 0 Å². The molecular formula is C61H97NO3. The molecule has 0 bridgehead atoms. The maximum absolute atomic E-state index is 12.4. The van der Waals surface area contributed by atoms with E-state index < -0.39 is 12.1 Å². The van der Waals surface area contributed by atoms with Gasteiger partial charge in [-0.25, -0.2) is 0 Å². The zero-order valence-corrected chi connectivity index (χ0v) is 41.7. The van der Waals surface area contributed by atoms with Gasteiger partial charge < -0.3 is 15.5 Å². The van der Waals surface area contributed by atoms with Crippen molar-refractivity contribution < 1.29 is 15.0 Å². The standard InChI is InChI=1S/C61H97NO3/c1-3-5-7-9-11-13-15-17-18-19-20-21-22-23-24-25-26-27-28-29-30-31-32-33-34-35-36-37-38-39-40-41-42-43-44-45-47-49-51-53-55-57-61(65)62-59(58-63)60(64)56-54-52-50-48-46-16-14-12-10-8-6-4-2/h5,7,11,13,17-18,20-21,23-24,26-27,29-30,32-33,35-36,38-39,41-42,44-45,54,56,59-60,63-64H,3-4,6,8-10,12,14-16,19,22,25,28,31,34,37,40,43,46-53,55,57-58H2,1-2H3,(H,62,65)/b7-5-,13-11-,18-17-,21-20-,24-23-,27-26-,30-29-,33-32-,36-35-,39-38-,42-41-,45-44-,56-54+. The van der Waals surface area contributed by atoms with Crippen LogP contribution < -0.4 is 5.32 Å². The minimum absolute atomic E-state index is 0.0969. The van der Waals surface area contributed by atoms with E-state index >= 15 is 0 Å². The van der Waals surface area contributed by atoms with Crippen LogP contribution in [0.4, 0.5) is 0 Å². The van der Waals surface area contributed by atoms with Gasteiger partial charge in [-0.3, -0.25) is 4.79 Å². The lowest BCUT2D eigenvalue weighted by molar-refractivity contribution is -0.123. The predicted octanol–water partition coefficient (Wildman–Crippen LogP) is 17.4. The van der Waals surface area contributed by atoms with Crippen LogP contribution in [-0.4, -0.2) is 34.9 Å². The minimum atomic E-state index is -0.860. The number of amides is 1. The number of aliphatic hydroxyl groups is 2. The summed E-state index contributed by atoms with van der Waals surface area (Å²) in [7, 11) is 0. The molecule has 3 N–H and O–H groups in total. The van der Waals surface area contributed by atoms with Crippen molar-refractivity contribution in [2.75, 3.05) is 6.61 Å². The first-order chi connectivity index (χ1) is 32.2. The molecule has 0 saturated carbocycles. The average Bonchev–Trinajstić information content (AvgIpc) is 3.31. The van der Waals surface area contributed by atoms with Crippen molar-refractivity contribution >= 4 is 5.91 Å². The molecule has 0 spiro atoms. The third-order valence-corrected chi connectivity index (χ3v) is 10.8. The third kappa shape index (κ3) is 50.9. The van der Waals surface area contributed by atoms with Gasteiger partial charge in [0.25, 0.3) is 0 Å². The zero-order valence-electron chi connectivity index (χ0n) is 41.7. The van der Waals surface area contributed by atoms with Crippen LogP contribution in [0.15, 0.2) is 158 Å². The molecule has 0 aliphatic heterocycles. The van der Waals surface area contributed by atoms with E-state index in [0.717, 1.165) is 122 Å². The molecule has 0 aromatic carbocycles. The molecule has 0 aliphatic carbocycles. The van der Waals surface area contributed by atoms with Gasteiger partial charge >= 0.3 is 0 Å². The second-order valence-corrected chi connectivity index (χ2v) is 16.9. The summed E-state index contributed by atoms with van der Waals surface area (Å²) in [5.41, 5.74) is 0. The summed E-state index contributed by atoms with van der Waals surface area (Å²) in [5, 5.41) is 23.0. The van der Waals surface area contributed by atoms with Crippen LogP contribution >= 0.6 is 0 Å². The second kappa shape index (κ2) is 54.3. The lowest BCUT2D eigenvalue weighted by Crippen LogP contribution is -2.45. The fourth-order valence-electron chi connectivity index (χ4n) is 6.80. The maximum Gasteiger partial charge on any atom is 0.220 e. The number of carbonyl (C=O) groups excluding carboxylic acids is 1. The van der Waals surface area contributed by atoms with E-state index in [-0.39, 0.29) is 12.5 Å². The Balaban J connectivity index is 3.72. The zero-order chi connectivity index (χ0) is 47.0. The van der Waals surface area contributed by atoms with Gasteiger partial charge in [-0.2, -0.15) is 0 Å². The Kier molecular flexibility index (Phi) is 51.0. The van der Waals surface area contributed by atoms with Gasteiger partial charge in [0.05, 0.1) is 18.8 Å². The first-order valence-electron chi connectivity index (χ1n) is 26.2. The summed E-state index contributed by atoms with van der Waals surface area (Å²) in [4.78, 5) is 12.4. The van der Waals surface area contributed by atoms with Gasteiger partial charge in [0.15, 0.2) is 0 Å². The molecule has 0 aromatic heterocycles.